The minimum Gasteiger partial charge on any atom is -0.0982 e. The lowest BCUT2D eigenvalue weighted by atomic mass is 9.95. The summed E-state index contributed by atoms with van der Waals surface area (Å²) in [7, 11) is 0. The van der Waals surface area contributed by atoms with Gasteiger partial charge in [-0.1, -0.05) is 139 Å². The molecule has 0 aromatic heterocycles. The highest BCUT2D eigenvalue weighted by Gasteiger charge is 2.78. The second-order valence-corrected chi connectivity index (χ2v) is 12.5. The van der Waals surface area contributed by atoms with Gasteiger partial charge in [0.2, 0.25) is 0 Å². The van der Waals surface area contributed by atoms with Crippen molar-refractivity contribution in [2.45, 2.75) is 38.8 Å². The van der Waals surface area contributed by atoms with Crippen molar-refractivity contribution < 1.29 is 0 Å². The molecule has 1 fully saturated rings. The molecule has 20 heavy (non-hydrogen) atoms. The van der Waals surface area contributed by atoms with Gasteiger partial charge in [0.15, 0.2) is 26.0 Å². The molecule has 0 aromatic carbocycles. The largest absolute Gasteiger partial charge is 0.189 e. The van der Waals surface area contributed by atoms with Gasteiger partial charge in [0.25, 0.3) is 0 Å². The number of alkyl halides is 12. The Bertz CT molecular complexity index is 356. The number of hydrogen-bond donors (Lipinski definition) is 0. The van der Waals surface area contributed by atoms with E-state index in [1.165, 1.54) is 0 Å². The molecule has 1 aliphatic rings. The van der Waals surface area contributed by atoms with E-state index in [1.54, 1.807) is 0 Å². The molecule has 0 atom stereocenters. The summed E-state index contributed by atoms with van der Waals surface area (Å²) in [6.07, 6.45) is -0.273. The second-order valence-electron chi connectivity index (χ2n) is 4.21. The van der Waals surface area contributed by atoms with Crippen LogP contribution in [0.15, 0.2) is 0 Å². The lowest BCUT2D eigenvalue weighted by Gasteiger charge is -2.54. The first-order valence-corrected chi connectivity index (χ1v) is 9.26. The van der Waals surface area contributed by atoms with Gasteiger partial charge < -0.3 is 0 Å². The minimum absolute atomic E-state index is 0.137. The van der Waals surface area contributed by atoms with Crippen molar-refractivity contribution >= 4 is 139 Å². The topological polar surface area (TPSA) is 0 Å². The molecule has 0 heterocycles. The van der Waals surface area contributed by atoms with Crippen molar-refractivity contribution in [2.24, 2.45) is 0 Å². The van der Waals surface area contributed by atoms with Crippen molar-refractivity contribution in [1.82, 2.24) is 0 Å². The lowest BCUT2D eigenvalue weighted by molar-refractivity contribution is 0.397. The van der Waals surface area contributed by atoms with Crippen molar-refractivity contribution in [3.05, 3.63) is 0 Å². The molecule has 1 rings (SSSR count). The normalized spacial score (nSPS) is 33.0. The molecule has 0 saturated heterocycles. The van der Waals surface area contributed by atoms with Crippen LogP contribution in [0.5, 0.6) is 0 Å². The van der Waals surface area contributed by atoms with E-state index in [9.17, 15) is 0 Å². The molecule has 0 amide bonds. The second kappa shape index (κ2) is 6.03. The summed E-state index contributed by atoms with van der Waals surface area (Å²) in [5, 5.41) is 0. The first-order valence-electron chi connectivity index (χ1n) is 4.72. The van der Waals surface area contributed by atoms with E-state index in [-0.39, 0.29) is 12.8 Å². The van der Waals surface area contributed by atoms with Gasteiger partial charge >= 0.3 is 0 Å². The van der Waals surface area contributed by atoms with Crippen LogP contribution < -0.4 is 0 Å². The Morgan fingerprint density at radius 2 is 0.550 bits per heavy atom. The maximum atomic E-state index is 6.11. The van der Waals surface area contributed by atoms with Crippen LogP contribution in [0.1, 0.15) is 12.8 Å². The molecular weight excluding hydrogens is 522 g/mol. The molecule has 120 valence electrons. The van der Waals surface area contributed by atoms with Gasteiger partial charge in [0.1, 0.15) is 0 Å². The Labute approximate surface area is 176 Å². The van der Waals surface area contributed by atoms with Crippen LogP contribution in [0.3, 0.4) is 0 Å². The van der Waals surface area contributed by atoms with Crippen LogP contribution >= 0.6 is 139 Å². The molecule has 0 bridgehead atoms. The zero-order valence-electron chi connectivity index (χ0n) is 8.95. The van der Waals surface area contributed by atoms with E-state index in [1.807, 2.05) is 0 Å². The average molecular weight is 526 g/mol. The lowest BCUT2D eigenvalue weighted by Crippen LogP contribution is -2.68. The van der Waals surface area contributed by atoms with Crippen LogP contribution in [-0.2, 0) is 0 Å². The Kier molecular flexibility index (Phi) is 6.49. The summed E-state index contributed by atoms with van der Waals surface area (Å²) in [6, 6.07) is 0. The molecule has 0 aliphatic heterocycles. The van der Waals surface area contributed by atoms with E-state index >= 15 is 0 Å². The van der Waals surface area contributed by atoms with E-state index in [0.717, 1.165) is 0 Å². The summed E-state index contributed by atoms with van der Waals surface area (Å²) in [5.74, 6) is 0. The maximum absolute atomic E-state index is 6.11. The fourth-order valence-electron chi connectivity index (χ4n) is 1.48. The van der Waals surface area contributed by atoms with Gasteiger partial charge in [-0.25, -0.2) is 0 Å². The molecule has 0 aromatic rings. The summed E-state index contributed by atoms with van der Waals surface area (Å²) in [5.41, 5.74) is 0. The quantitative estimate of drug-likeness (QED) is 0.283. The first-order chi connectivity index (χ1) is 8.46. The fraction of sp³-hybridized carbons (Fsp3) is 1.00. The Balaban J connectivity index is 3.61. The number of hydrogen-bond acceptors (Lipinski definition) is 0. The van der Waals surface area contributed by atoms with Crippen LogP contribution in [0, 0.1) is 0 Å². The van der Waals surface area contributed by atoms with Crippen molar-refractivity contribution in [2.75, 3.05) is 0 Å². The van der Waals surface area contributed by atoms with E-state index in [2.05, 4.69) is 0 Å². The van der Waals surface area contributed by atoms with Crippen molar-refractivity contribution in [1.29, 1.82) is 0 Å². The first kappa shape index (κ1) is 21.5. The average Bonchev–Trinajstić information content (AvgIpc) is 2.24. The van der Waals surface area contributed by atoms with Crippen LogP contribution in [0.4, 0.5) is 0 Å². The molecule has 1 aliphatic carbocycles. The summed E-state index contributed by atoms with van der Waals surface area (Å²) < 4.78 is -13.1. The number of rotatable bonds is 0. The van der Waals surface area contributed by atoms with Gasteiger partial charge in [-0.15, -0.1) is 0 Å². The zero-order valence-corrected chi connectivity index (χ0v) is 18.0. The molecule has 0 unspecified atom stereocenters. The van der Waals surface area contributed by atoms with Gasteiger partial charge in [-0.3, -0.25) is 0 Å². The molecule has 0 radical (unpaired) electrons. The van der Waals surface area contributed by atoms with Crippen molar-refractivity contribution in [3.63, 3.8) is 0 Å². The fourth-order valence-corrected chi connectivity index (χ4v) is 5.36. The van der Waals surface area contributed by atoms with Gasteiger partial charge in [0.05, 0.1) is 0 Å². The molecular formula is C8H4Cl12. The van der Waals surface area contributed by atoms with E-state index in [0.29, 0.717) is 0 Å². The third-order valence-corrected chi connectivity index (χ3v) is 11.4. The predicted molar refractivity (Wildman–Crippen MR) is 95.9 cm³/mol. The third kappa shape index (κ3) is 2.93. The van der Waals surface area contributed by atoms with Gasteiger partial charge in [-0.2, -0.15) is 0 Å². The highest BCUT2D eigenvalue weighted by atomic mass is 35.6. The summed E-state index contributed by atoms with van der Waals surface area (Å²) in [4.78, 5) is 0. The van der Waals surface area contributed by atoms with Crippen LogP contribution in [0.25, 0.3) is 0 Å². The predicted octanol–water partition coefficient (Wildman–Crippen LogP) is 7.82. The standard InChI is InChI=1S/C8H4Cl12/c9-3(10)1-2-4(11,12)6(15,16)8(19,20)7(17,18)5(3,13)14/h1-2H2. The maximum Gasteiger partial charge on any atom is 0.189 e. The number of halogens is 12. The third-order valence-electron chi connectivity index (χ3n) is 2.85. The van der Waals surface area contributed by atoms with Crippen LogP contribution in [0.2, 0.25) is 0 Å². The van der Waals surface area contributed by atoms with Crippen LogP contribution in [-0.4, -0.2) is 26.0 Å². The Hall–Kier alpha value is 3.48. The Morgan fingerprint density at radius 3 is 0.750 bits per heavy atom. The van der Waals surface area contributed by atoms with E-state index < -0.39 is 26.0 Å². The summed E-state index contributed by atoms with van der Waals surface area (Å²) >= 11 is 73.2. The monoisotopic (exact) mass is 520 g/mol. The molecule has 12 heteroatoms. The summed E-state index contributed by atoms with van der Waals surface area (Å²) in [6.45, 7) is 0. The van der Waals surface area contributed by atoms with Gasteiger partial charge in [-0.05, 0) is 12.8 Å². The zero-order chi connectivity index (χ0) is 16.4. The minimum atomic E-state index is -2.42. The highest BCUT2D eigenvalue weighted by molar-refractivity contribution is 6.78. The smallest absolute Gasteiger partial charge is 0.0982 e. The SMILES string of the molecule is ClC1(Cl)CCC(Cl)(Cl)C(Cl)(Cl)C(Cl)(Cl)C(Cl)(Cl)C1(Cl)Cl. The van der Waals surface area contributed by atoms with Gasteiger partial charge in [0, 0.05) is 0 Å². The van der Waals surface area contributed by atoms with Crippen molar-refractivity contribution in [3.8, 4) is 0 Å². The molecule has 0 spiro atoms. The van der Waals surface area contributed by atoms with E-state index in [4.69, 9.17) is 139 Å². The highest BCUT2D eigenvalue weighted by Crippen LogP contribution is 2.71. The molecule has 0 nitrogen and oxygen atoms in total. The molecule has 1 saturated carbocycles. The molecule has 0 N–H and O–H groups in total. The Morgan fingerprint density at radius 1 is 0.350 bits per heavy atom.